The number of thiophene rings is 4. The quantitative estimate of drug-likeness (QED) is 0.247. The second-order valence-electron chi connectivity index (χ2n) is 7.96. The Morgan fingerprint density at radius 2 is 1.27 bits per heavy atom. The highest BCUT2D eigenvalue weighted by Crippen LogP contribution is 2.50. The van der Waals surface area contributed by atoms with Crippen LogP contribution in [0.25, 0.3) is 60.5 Å². The van der Waals surface area contributed by atoms with Crippen LogP contribution < -0.4 is 0 Å². The van der Waals surface area contributed by atoms with E-state index < -0.39 is 0 Å². The zero-order valence-corrected chi connectivity index (χ0v) is 19.7. The summed E-state index contributed by atoms with van der Waals surface area (Å²) in [4.78, 5) is 0. The Bertz CT molecular complexity index is 1730. The molecule has 0 amide bonds. The highest BCUT2D eigenvalue weighted by atomic mass is 32.1. The lowest BCUT2D eigenvalue weighted by molar-refractivity contribution is 0.800. The molecule has 3 aromatic carbocycles. The van der Waals surface area contributed by atoms with E-state index in [9.17, 15) is 0 Å². The van der Waals surface area contributed by atoms with E-state index >= 15 is 0 Å². The van der Waals surface area contributed by atoms with Crippen molar-refractivity contribution in [2.75, 3.05) is 0 Å². The normalized spacial score (nSPS) is 12.6. The number of aryl methyl sites for hydroxylation is 1. The van der Waals surface area contributed by atoms with Gasteiger partial charge in [-0.1, -0.05) is 13.3 Å². The standard InChI is InChI=1S/C26H18S4/c1-2-3-4-14-13-21-24(22-15-9-11-27-17(15)5-7-19(22)29-21)25-23-16-10-12-28-18(16)6-8-20(23)30-26(14)25/h5-13H,2-4H2,1H3. The first-order valence-electron chi connectivity index (χ1n) is 10.4. The molecule has 7 aromatic rings. The molecule has 0 nitrogen and oxygen atoms in total. The topological polar surface area (TPSA) is 0 Å². The number of benzene rings is 3. The summed E-state index contributed by atoms with van der Waals surface area (Å²) in [5.41, 5.74) is 1.54. The number of fused-ring (bicyclic) bond motifs is 11. The molecule has 4 aromatic heterocycles. The lowest BCUT2D eigenvalue weighted by Crippen LogP contribution is -1.85. The first-order valence-corrected chi connectivity index (χ1v) is 13.8. The molecule has 0 bridgehead atoms. The van der Waals surface area contributed by atoms with Crippen molar-refractivity contribution in [1.29, 1.82) is 0 Å². The Morgan fingerprint density at radius 1 is 0.633 bits per heavy atom. The van der Waals surface area contributed by atoms with E-state index in [-0.39, 0.29) is 0 Å². The predicted molar refractivity (Wildman–Crippen MR) is 142 cm³/mol. The lowest BCUT2D eigenvalue weighted by atomic mass is 9.98. The van der Waals surface area contributed by atoms with Gasteiger partial charge in [-0.15, -0.1) is 45.3 Å². The third-order valence-corrected chi connectivity index (χ3v) is 10.3. The van der Waals surface area contributed by atoms with Crippen LogP contribution in [0.1, 0.15) is 25.3 Å². The highest BCUT2D eigenvalue weighted by Gasteiger charge is 2.20. The number of hydrogen-bond acceptors (Lipinski definition) is 4. The molecule has 0 spiro atoms. The predicted octanol–water partition coefficient (Wildman–Crippen LogP) is 10.2. The van der Waals surface area contributed by atoms with Crippen molar-refractivity contribution < 1.29 is 0 Å². The molecule has 0 fully saturated rings. The van der Waals surface area contributed by atoms with Gasteiger partial charge in [0.2, 0.25) is 0 Å². The number of rotatable bonds is 3. The maximum atomic E-state index is 2.51. The fourth-order valence-electron chi connectivity index (χ4n) is 4.89. The molecule has 4 heterocycles. The van der Waals surface area contributed by atoms with Crippen LogP contribution in [0.3, 0.4) is 0 Å². The molecule has 0 radical (unpaired) electrons. The molecule has 0 aliphatic rings. The molecule has 4 heteroatoms. The maximum absolute atomic E-state index is 2.51. The summed E-state index contributed by atoms with van der Waals surface area (Å²) in [6.07, 6.45) is 3.66. The minimum atomic E-state index is 1.17. The van der Waals surface area contributed by atoms with Crippen molar-refractivity contribution in [3.63, 3.8) is 0 Å². The molecular weight excluding hydrogens is 441 g/mol. The summed E-state index contributed by atoms with van der Waals surface area (Å²) in [7, 11) is 0. The molecule has 0 unspecified atom stereocenters. The Morgan fingerprint density at radius 3 is 1.97 bits per heavy atom. The fourth-order valence-corrected chi connectivity index (χ4v) is 8.94. The van der Waals surface area contributed by atoms with E-state index in [1.54, 1.807) is 0 Å². The fraction of sp³-hybridized carbons (Fsp3) is 0.154. The monoisotopic (exact) mass is 458 g/mol. The third kappa shape index (κ3) is 2.31. The van der Waals surface area contributed by atoms with Gasteiger partial charge in [-0.05, 0) is 71.6 Å². The molecule has 0 saturated carbocycles. The van der Waals surface area contributed by atoms with Gasteiger partial charge in [0, 0.05) is 60.5 Å². The largest absolute Gasteiger partial charge is 0.144 e. The molecule has 0 N–H and O–H groups in total. The lowest BCUT2D eigenvalue weighted by Gasteiger charge is -2.06. The van der Waals surface area contributed by atoms with Crippen molar-refractivity contribution in [1.82, 2.24) is 0 Å². The van der Waals surface area contributed by atoms with Gasteiger partial charge in [0.25, 0.3) is 0 Å². The van der Waals surface area contributed by atoms with Gasteiger partial charge in [-0.25, -0.2) is 0 Å². The second-order valence-corrected chi connectivity index (χ2v) is 12.0. The van der Waals surface area contributed by atoms with Gasteiger partial charge >= 0.3 is 0 Å². The maximum Gasteiger partial charge on any atom is 0.0394 e. The smallest absolute Gasteiger partial charge is 0.0394 e. The summed E-state index contributed by atoms with van der Waals surface area (Å²) < 4.78 is 8.60. The Balaban J connectivity index is 1.80. The van der Waals surface area contributed by atoms with E-state index in [4.69, 9.17) is 0 Å². The SMILES string of the molecule is CCCCc1cc2sc3ccc4sccc4c3c2c2c1sc1ccc3sccc3c12. The van der Waals surface area contributed by atoms with E-state index in [0.717, 1.165) is 0 Å². The number of unbranched alkanes of at least 4 members (excludes halogenated alkanes) is 1. The first-order chi connectivity index (χ1) is 14.8. The molecule has 0 saturated heterocycles. The molecular formula is C26H18S4. The molecule has 0 aliphatic carbocycles. The van der Waals surface area contributed by atoms with Crippen LogP contribution in [-0.2, 0) is 6.42 Å². The van der Waals surface area contributed by atoms with Crippen LogP contribution in [0.15, 0.2) is 53.2 Å². The third-order valence-electron chi connectivity index (χ3n) is 6.25. The first kappa shape index (κ1) is 17.7. The average molecular weight is 459 g/mol. The van der Waals surface area contributed by atoms with Crippen LogP contribution in [-0.4, -0.2) is 0 Å². The van der Waals surface area contributed by atoms with Gasteiger partial charge in [0.15, 0.2) is 0 Å². The highest BCUT2D eigenvalue weighted by molar-refractivity contribution is 7.28. The summed E-state index contributed by atoms with van der Waals surface area (Å²) >= 11 is 7.69. The summed E-state index contributed by atoms with van der Waals surface area (Å²) in [5.74, 6) is 0. The van der Waals surface area contributed by atoms with Crippen LogP contribution in [0, 0.1) is 0 Å². The number of hydrogen-bond donors (Lipinski definition) is 0. The molecule has 30 heavy (non-hydrogen) atoms. The Labute approximate surface area is 190 Å². The van der Waals surface area contributed by atoms with Gasteiger partial charge in [-0.2, -0.15) is 0 Å². The van der Waals surface area contributed by atoms with E-state index in [0.29, 0.717) is 0 Å². The molecule has 7 rings (SSSR count). The molecule has 0 aliphatic heterocycles. The summed E-state index contributed by atoms with van der Waals surface area (Å²) in [6, 6.07) is 16.5. The van der Waals surface area contributed by atoms with Gasteiger partial charge in [-0.3, -0.25) is 0 Å². The zero-order valence-electron chi connectivity index (χ0n) is 16.5. The molecule has 146 valence electrons. The van der Waals surface area contributed by atoms with E-state index in [1.165, 1.54) is 85.3 Å². The minimum absolute atomic E-state index is 1.17. The van der Waals surface area contributed by atoms with Gasteiger partial charge < -0.3 is 0 Å². The second kappa shape index (κ2) is 6.51. The van der Waals surface area contributed by atoms with Crippen molar-refractivity contribution in [3.05, 3.63) is 58.8 Å². The van der Waals surface area contributed by atoms with Crippen LogP contribution in [0.2, 0.25) is 0 Å². The minimum Gasteiger partial charge on any atom is -0.144 e. The van der Waals surface area contributed by atoms with Gasteiger partial charge in [0.1, 0.15) is 0 Å². The van der Waals surface area contributed by atoms with Gasteiger partial charge in [0.05, 0.1) is 0 Å². The van der Waals surface area contributed by atoms with Crippen molar-refractivity contribution >= 4 is 106 Å². The summed E-state index contributed by atoms with van der Waals surface area (Å²) in [6.45, 7) is 2.29. The van der Waals surface area contributed by atoms with Crippen LogP contribution in [0.4, 0.5) is 0 Å². The Kier molecular flexibility index (Phi) is 3.83. The van der Waals surface area contributed by atoms with Crippen molar-refractivity contribution in [2.24, 2.45) is 0 Å². The Hall–Kier alpha value is -1.98. The zero-order chi connectivity index (χ0) is 19.8. The van der Waals surface area contributed by atoms with Crippen molar-refractivity contribution in [2.45, 2.75) is 26.2 Å². The van der Waals surface area contributed by atoms with E-state index in [1.807, 2.05) is 45.3 Å². The van der Waals surface area contributed by atoms with Crippen LogP contribution in [0.5, 0.6) is 0 Å². The van der Waals surface area contributed by atoms with Crippen molar-refractivity contribution in [3.8, 4) is 0 Å². The van der Waals surface area contributed by atoms with E-state index in [2.05, 4.69) is 60.1 Å². The summed E-state index contributed by atoms with van der Waals surface area (Å²) in [5, 5.41) is 13.3. The average Bonchev–Trinajstić information content (AvgIpc) is 3.52. The molecule has 0 atom stereocenters. The van der Waals surface area contributed by atoms with Crippen LogP contribution >= 0.6 is 45.3 Å².